The molecule has 30 heavy (non-hydrogen) atoms. The summed E-state index contributed by atoms with van der Waals surface area (Å²) in [5, 5.41) is 1.23. The average Bonchev–Trinajstić information content (AvgIpc) is 2.71. The molecule has 2 heterocycles. The van der Waals surface area contributed by atoms with E-state index in [1.165, 1.54) is 0 Å². The highest BCUT2D eigenvalue weighted by atomic mass is 35.5. The van der Waals surface area contributed by atoms with Gasteiger partial charge < -0.3 is 9.64 Å². The number of ether oxygens (including phenoxy) is 1. The van der Waals surface area contributed by atoms with Crippen molar-refractivity contribution < 1.29 is 14.3 Å². The summed E-state index contributed by atoms with van der Waals surface area (Å²) in [5.41, 5.74) is 2.53. The Morgan fingerprint density at radius 2 is 1.87 bits per heavy atom. The highest BCUT2D eigenvalue weighted by molar-refractivity contribution is 6.33. The lowest BCUT2D eigenvalue weighted by atomic mass is 9.81. The Balaban J connectivity index is 1.46. The van der Waals surface area contributed by atoms with Gasteiger partial charge in [-0.3, -0.25) is 9.59 Å². The fraction of sp³-hybridized carbons (Fsp3) is 0.333. The number of fused-ring (bicyclic) bond motifs is 1. The number of hydrogen-bond donors (Lipinski definition) is 0. The van der Waals surface area contributed by atoms with Crippen LogP contribution in [-0.4, -0.2) is 35.3 Å². The van der Waals surface area contributed by atoms with Crippen molar-refractivity contribution in [1.29, 1.82) is 0 Å². The van der Waals surface area contributed by atoms with Crippen LogP contribution in [0.15, 0.2) is 36.4 Å². The van der Waals surface area contributed by atoms with Crippen LogP contribution >= 0.6 is 23.2 Å². The third kappa shape index (κ3) is 3.86. The number of likely N-dealkylation sites (tertiary alicyclic amines) is 1. The number of rotatable bonds is 2. The number of carbonyl (C=O) groups excluding carboxylic acids is 2. The fourth-order valence-electron chi connectivity index (χ4n) is 4.29. The van der Waals surface area contributed by atoms with Crippen LogP contribution in [0, 0.1) is 13.8 Å². The number of benzene rings is 2. The van der Waals surface area contributed by atoms with Crippen LogP contribution in [0.4, 0.5) is 0 Å². The Bertz CT molecular complexity index is 1050. The van der Waals surface area contributed by atoms with Gasteiger partial charge in [0.25, 0.3) is 0 Å². The number of carbonyl (C=O) groups is 2. The number of amides is 1. The Morgan fingerprint density at radius 3 is 2.57 bits per heavy atom. The molecule has 1 spiro atoms. The third-order valence-electron chi connectivity index (χ3n) is 6.03. The lowest BCUT2D eigenvalue weighted by molar-refractivity contribution is -0.129. The van der Waals surface area contributed by atoms with Gasteiger partial charge in [0.05, 0.1) is 12.0 Å². The van der Waals surface area contributed by atoms with Gasteiger partial charge in [-0.2, -0.15) is 0 Å². The highest BCUT2D eigenvalue weighted by Gasteiger charge is 2.44. The monoisotopic (exact) mass is 443 g/mol. The maximum absolute atomic E-state index is 12.9. The SMILES string of the molecule is Cc1cc2c(c(C)c1Cl)C(=O)CC1(CCN(C(=O)/C=C/c3ccccc3Cl)CC1)O2. The molecule has 156 valence electrons. The molecule has 0 bridgehead atoms. The van der Waals surface area contributed by atoms with E-state index in [0.29, 0.717) is 53.7 Å². The van der Waals surface area contributed by atoms with E-state index in [0.717, 1.165) is 16.7 Å². The van der Waals surface area contributed by atoms with E-state index >= 15 is 0 Å². The topological polar surface area (TPSA) is 46.6 Å². The van der Waals surface area contributed by atoms with Gasteiger partial charge >= 0.3 is 0 Å². The van der Waals surface area contributed by atoms with Crippen molar-refractivity contribution in [2.75, 3.05) is 13.1 Å². The number of hydrogen-bond acceptors (Lipinski definition) is 3. The van der Waals surface area contributed by atoms with Crippen molar-refractivity contribution >= 4 is 41.0 Å². The van der Waals surface area contributed by atoms with Crippen LogP contribution in [-0.2, 0) is 4.79 Å². The molecule has 0 unspecified atom stereocenters. The van der Waals surface area contributed by atoms with Gasteiger partial charge in [0.15, 0.2) is 5.78 Å². The first kappa shape index (κ1) is 21.0. The molecule has 2 aromatic carbocycles. The Kier molecular flexibility index (Phi) is 5.65. The van der Waals surface area contributed by atoms with Gasteiger partial charge in [0, 0.05) is 42.1 Å². The second-order valence-electron chi connectivity index (χ2n) is 8.07. The number of aryl methyl sites for hydroxylation is 1. The molecule has 1 amide bonds. The van der Waals surface area contributed by atoms with E-state index < -0.39 is 5.60 Å². The molecule has 0 aliphatic carbocycles. The lowest BCUT2D eigenvalue weighted by Gasteiger charge is -2.44. The van der Waals surface area contributed by atoms with Gasteiger partial charge in [-0.25, -0.2) is 0 Å². The van der Waals surface area contributed by atoms with E-state index in [9.17, 15) is 9.59 Å². The van der Waals surface area contributed by atoms with Crippen molar-refractivity contribution in [2.45, 2.75) is 38.7 Å². The van der Waals surface area contributed by atoms with Crippen molar-refractivity contribution in [2.24, 2.45) is 0 Å². The van der Waals surface area contributed by atoms with Gasteiger partial charge in [-0.1, -0.05) is 41.4 Å². The summed E-state index contributed by atoms with van der Waals surface area (Å²) in [6, 6.07) is 9.25. The number of nitrogens with zero attached hydrogens (tertiary/aromatic N) is 1. The summed E-state index contributed by atoms with van der Waals surface area (Å²) in [7, 11) is 0. The zero-order valence-electron chi connectivity index (χ0n) is 17.0. The van der Waals surface area contributed by atoms with E-state index in [1.54, 1.807) is 23.1 Å². The van der Waals surface area contributed by atoms with Crippen molar-refractivity contribution in [1.82, 2.24) is 4.90 Å². The standard InChI is InChI=1S/C24H23Cl2NO3/c1-15-13-20-22(16(2)23(15)26)19(28)14-24(30-20)9-11-27(12-10-24)21(29)8-7-17-5-3-4-6-18(17)25/h3-8,13H,9-12,14H2,1-2H3/b8-7+. The fourth-order valence-corrected chi connectivity index (χ4v) is 4.64. The van der Waals surface area contributed by atoms with Gasteiger partial charge in [-0.05, 0) is 48.7 Å². The minimum absolute atomic E-state index is 0.0639. The van der Waals surface area contributed by atoms with Crippen LogP contribution in [0.1, 0.15) is 46.3 Å². The van der Waals surface area contributed by atoms with Crippen LogP contribution < -0.4 is 4.74 Å². The minimum Gasteiger partial charge on any atom is -0.486 e. The van der Waals surface area contributed by atoms with Gasteiger partial charge in [-0.15, -0.1) is 0 Å². The normalized spacial score (nSPS) is 17.9. The lowest BCUT2D eigenvalue weighted by Crippen LogP contribution is -2.52. The van der Waals surface area contributed by atoms with E-state index in [4.69, 9.17) is 27.9 Å². The summed E-state index contributed by atoms with van der Waals surface area (Å²) < 4.78 is 6.37. The smallest absolute Gasteiger partial charge is 0.246 e. The quantitative estimate of drug-likeness (QED) is 0.563. The Morgan fingerprint density at radius 1 is 1.17 bits per heavy atom. The van der Waals surface area contributed by atoms with Crippen LogP contribution in [0.2, 0.25) is 10.0 Å². The van der Waals surface area contributed by atoms with E-state index in [2.05, 4.69) is 0 Å². The molecule has 0 radical (unpaired) electrons. The first-order chi connectivity index (χ1) is 14.3. The van der Waals surface area contributed by atoms with E-state index in [1.807, 2.05) is 38.1 Å². The molecule has 1 saturated heterocycles. The summed E-state index contributed by atoms with van der Waals surface area (Å²) in [6.45, 7) is 4.86. The highest BCUT2D eigenvalue weighted by Crippen LogP contribution is 2.43. The summed E-state index contributed by atoms with van der Waals surface area (Å²) >= 11 is 12.5. The maximum Gasteiger partial charge on any atom is 0.246 e. The van der Waals surface area contributed by atoms with Gasteiger partial charge in [0.1, 0.15) is 11.4 Å². The van der Waals surface area contributed by atoms with Crippen molar-refractivity contribution in [3.8, 4) is 5.75 Å². The third-order valence-corrected chi connectivity index (χ3v) is 6.96. The molecular formula is C24H23Cl2NO3. The second kappa shape index (κ2) is 8.09. The molecule has 4 nitrogen and oxygen atoms in total. The van der Waals surface area contributed by atoms with Crippen LogP contribution in [0.3, 0.4) is 0 Å². The predicted molar refractivity (Wildman–Crippen MR) is 120 cm³/mol. The number of ketones is 1. The van der Waals surface area contributed by atoms with Crippen molar-refractivity contribution in [3.05, 3.63) is 68.7 Å². The molecule has 0 aromatic heterocycles. The van der Waals surface area contributed by atoms with Crippen molar-refractivity contribution in [3.63, 3.8) is 0 Å². The Hall–Kier alpha value is -2.30. The summed E-state index contributed by atoms with van der Waals surface area (Å²) in [6.07, 6.45) is 4.84. The number of piperidine rings is 1. The molecular weight excluding hydrogens is 421 g/mol. The minimum atomic E-state index is -0.556. The maximum atomic E-state index is 12.9. The molecule has 0 N–H and O–H groups in total. The van der Waals surface area contributed by atoms with Crippen LogP contribution in [0.25, 0.3) is 6.08 Å². The molecule has 4 rings (SSSR count). The first-order valence-electron chi connectivity index (χ1n) is 10.0. The molecule has 0 atom stereocenters. The first-order valence-corrected chi connectivity index (χ1v) is 10.8. The molecule has 2 aromatic rings. The van der Waals surface area contributed by atoms with E-state index in [-0.39, 0.29) is 11.7 Å². The summed E-state index contributed by atoms with van der Waals surface area (Å²) in [5.74, 6) is 0.615. The number of halogens is 2. The molecule has 1 fully saturated rings. The largest absolute Gasteiger partial charge is 0.486 e. The molecule has 6 heteroatoms. The Labute approximate surface area is 186 Å². The zero-order valence-corrected chi connectivity index (χ0v) is 18.5. The molecule has 2 aliphatic heterocycles. The second-order valence-corrected chi connectivity index (χ2v) is 8.86. The number of Topliss-reactive ketones (excluding diaryl/α,β-unsaturated/α-hetero) is 1. The zero-order chi connectivity index (χ0) is 21.5. The van der Waals surface area contributed by atoms with Crippen LogP contribution in [0.5, 0.6) is 5.75 Å². The predicted octanol–water partition coefficient (Wildman–Crippen LogP) is 5.65. The molecule has 2 aliphatic rings. The summed E-state index contributed by atoms with van der Waals surface area (Å²) in [4.78, 5) is 27.3. The average molecular weight is 444 g/mol. The molecule has 0 saturated carbocycles. The van der Waals surface area contributed by atoms with Gasteiger partial charge in [0.2, 0.25) is 5.91 Å².